The maximum absolute atomic E-state index is 13.0. The fourth-order valence-corrected chi connectivity index (χ4v) is 16.9. The van der Waals surface area contributed by atoms with E-state index < -0.39 is 17.2 Å². The van der Waals surface area contributed by atoms with Crippen molar-refractivity contribution in [3.8, 4) is 23.0 Å². The minimum Gasteiger partial charge on any atom is -0.445 e. The van der Waals surface area contributed by atoms with Crippen LogP contribution in [0.4, 0.5) is 20.1 Å². The zero-order valence-electron chi connectivity index (χ0n) is 62.4. The van der Waals surface area contributed by atoms with Gasteiger partial charge < -0.3 is 63.7 Å². The van der Waals surface area contributed by atoms with Crippen LogP contribution in [0.15, 0.2) is 140 Å². The first-order valence-electron chi connectivity index (χ1n) is 38.1. The van der Waals surface area contributed by atoms with Crippen molar-refractivity contribution in [2.75, 3.05) is 53.9 Å². The van der Waals surface area contributed by atoms with Crippen molar-refractivity contribution in [2.45, 2.75) is 210 Å². The number of carbonyl (C=O) groups is 5. The quantitative estimate of drug-likeness (QED) is 0.0120. The van der Waals surface area contributed by atoms with Gasteiger partial charge >= 0.3 is 30.3 Å². The van der Waals surface area contributed by atoms with Crippen LogP contribution in [0.2, 0.25) is 0 Å². The average molecular weight is 1460 g/mol. The lowest BCUT2D eigenvalue weighted by atomic mass is 9.59. The number of rotatable bonds is 25. The van der Waals surface area contributed by atoms with Crippen molar-refractivity contribution >= 4 is 36.0 Å². The Morgan fingerprint density at radius 1 is 0.462 bits per heavy atom. The number of hydrogen-bond acceptors (Lipinski definition) is 18. The number of nitrogens with two attached hydrogens (primary N) is 1. The Labute approximate surface area is 624 Å². The van der Waals surface area contributed by atoms with Crippen LogP contribution < -0.4 is 35.3 Å². The number of nitrogens with one attached hydrogen (secondary N) is 2. The number of nitrogens with zero attached hydrogens (tertiary/aromatic N) is 1. The molecule has 0 aromatic heterocycles. The standard InChI is InChI=1S/C31H32N2O7.C31H41NO6.C23H35NO4/c1-31-17-7-3-6-10-23(28(31)32-29(34)38-20-21-8-4-2-5-9-21)18-22-11-14-26(19-27(22)31)40-30(35)39-25-15-12-24(13-16-25)33(36)37;1-31-16-8-4-7-12-25(29(31)32-30(34)37-22-23-10-5-3-6-11-23)20-24-14-15-26(21-27(24)31)38-28(33)13-9-17-36-19-18-35-2;1-23-11-5-3-4-7-18(22(23)24)15-17-9-10-19(16-20(17)23)28-21(25)8-6-12-27-14-13-26-2/h2,4-5,8-9,11-16,19,23,28H,3,6-7,10,17-18,20H2,1H3,(H,32,34);3,5-6,10-11,14-15,21,25,29H,4,7-9,12-13,16-20,22H2,1-2H3,(H,32,34);9-10,16,18,22H,3-8,11-15,24H2,1-2H3/t23-,28-,31+;25-,29-,31+;18-,22-,23+/m000/s1. The summed E-state index contributed by atoms with van der Waals surface area (Å²) in [5.41, 5.74) is 15.2. The molecule has 0 unspecified atom stereocenters. The van der Waals surface area contributed by atoms with E-state index in [2.05, 4.69) is 49.6 Å². The number of carbonyl (C=O) groups excluding carboxylic acids is 5. The molecule has 6 bridgehead atoms. The highest BCUT2D eigenvalue weighted by atomic mass is 16.7. The molecule has 0 heterocycles. The van der Waals surface area contributed by atoms with Gasteiger partial charge in [-0.1, -0.05) is 157 Å². The van der Waals surface area contributed by atoms with Crippen LogP contribution in [-0.2, 0) is 86.7 Å². The summed E-state index contributed by atoms with van der Waals surface area (Å²) < 4.78 is 54.0. The van der Waals surface area contributed by atoms with Gasteiger partial charge in [0.05, 0.1) is 31.4 Å². The minimum absolute atomic E-state index is 0.0315. The molecule has 0 aliphatic heterocycles. The Balaban J connectivity index is 0.000000173. The summed E-state index contributed by atoms with van der Waals surface area (Å²) in [7, 11) is 3.27. The van der Waals surface area contributed by atoms with Crippen LogP contribution in [0.3, 0.4) is 0 Å². The topological polar surface area (TPSA) is 271 Å². The highest BCUT2D eigenvalue weighted by molar-refractivity contribution is 5.74. The van der Waals surface area contributed by atoms with Gasteiger partial charge in [0.1, 0.15) is 36.2 Å². The molecular formula is C85H108N4O17. The van der Waals surface area contributed by atoms with Crippen LogP contribution in [0, 0.1) is 27.9 Å². The first kappa shape index (κ1) is 79.8. The predicted octanol–water partition coefficient (Wildman–Crippen LogP) is 16.3. The van der Waals surface area contributed by atoms with Crippen molar-refractivity contribution in [3.63, 3.8) is 0 Å². The second-order valence-corrected chi connectivity index (χ2v) is 29.9. The number of amides is 2. The summed E-state index contributed by atoms with van der Waals surface area (Å²) in [6, 6.07) is 42.3. The van der Waals surface area contributed by atoms with Crippen LogP contribution in [-0.4, -0.2) is 107 Å². The third kappa shape index (κ3) is 21.8. The molecule has 6 aromatic rings. The second kappa shape index (κ2) is 39.2. The zero-order chi connectivity index (χ0) is 74.9. The third-order valence-electron chi connectivity index (χ3n) is 22.5. The maximum Gasteiger partial charge on any atom is 0.519 e. The van der Waals surface area contributed by atoms with Gasteiger partial charge in [-0.3, -0.25) is 19.7 Å². The van der Waals surface area contributed by atoms with Gasteiger partial charge in [-0.25, -0.2) is 14.4 Å². The lowest BCUT2D eigenvalue weighted by Crippen LogP contribution is -2.57. The van der Waals surface area contributed by atoms with E-state index >= 15 is 0 Å². The number of nitro benzene ring substituents is 1. The monoisotopic (exact) mass is 1460 g/mol. The summed E-state index contributed by atoms with van der Waals surface area (Å²) >= 11 is 0. The third-order valence-corrected chi connectivity index (χ3v) is 22.5. The normalized spacial score (nSPS) is 23.3. The van der Waals surface area contributed by atoms with E-state index in [-0.39, 0.29) is 83.0 Å². The number of methoxy groups -OCH3 is 2. The summed E-state index contributed by atoms with van der Waals surface area (Å²) in [5.74, 6) is 2.35. The Bertz CT molecular complexity index is 3860. The molecule has 12 rings (SSSR count). The molecular weight excluding hydrogens is 1350 g/mol. The summed E-state index contributed by atoms with van der Waals surface area (Å²) in [6.07, 6.45) is 19.6. The van der Waals surface area contributed by atoms with E-state index in [0.717, 1.165) is 106 Å². The van der Waals surface area contributed by atoms with E-state index in [0.29, 0.717) is 94.4 Å². The Hall–Kier alpha value is -8.73. The molecule has 570 valence electrons. The van der Waals surface area contributed by atoms with Crippen molar-refractivity contribution in [1.82, 2.24) is 10.6 Å². The molecule has 9 atom stereocenters. The number of esters is 2. The van der Waals surface area contributed by atoms with Crippen molar-refractivity contribution in [3.05, 3.63) is 194 Å². The smallest absolute Gasteiger partial charge is 0.445 e. The number of hydrogen-bond donors (Lipinski definition) is 3. The summed E-state index contributed by atoms with van der Waals surface area (Å²) in [6.45, 7) is 10.4. The molecule has 6 aromatic carbocycles. The highest BCUT2D eigenvalue weighted by Crippen LogP contribution is 2.51. The predicted molar refractivity (Wildman–Crippen MR) is 402 cm³/mol. The molecule has 106 heavy (non-hydrogen) atoms. The molecule has 6 aliphatic carbocycles. The van der Waals surface area contributed by atoms with Gasteiger partial charge in [-0.2, -0.15) is 0 Å². The molecule has 21 nitrogen and oxygen atoms in total. The summed E-state index contributed by atoms with van der Waals surface area (Å²) in [4.78, 5) is 73.4. The van der Waals surface area contributed by atoms with Gasteiger partial charge in [0.2, 0.25) is 0 Å². The van der Waals surface area contributed by atoms with Crippen molar-refractivity contribution in [2.24, 2.45) is 23.5 Å². The van der Waals surface area contributed by atoms with Crippen LogP contribution in [0.25, 0.3) is 0 Å². The fourth-order valence-electron chi connectivity index (χ4n) is 16.9. The van der Waals surface area contributed by atoms with Gasteiger partial charge in [0.15, 0.2) is 0 Å². The lowest BCUT2D eigenvalue weighted by Gasteiger charge is -2.49. The Kier molecular flexibility index (Phi) is 29.5. The molecule has 2 amide bonds. The highest BCUT2D eigenvalue weighted by Gasteiger charge is 2.49. The second-order valence-electron chi connectivity index (χ2n) is 29.9. The Morgan fingerprint density at radius 3 is 1.28 bits per heavy atom. The van der Waals surface area contributed by atoms with E-state index in [1.54, 1.807) is 20.3 Å². The van der Waals surface area contributed by atoms with Crippen molar-refractivity contribution < 1.29 is 76.3 Å². The van der Waals surface area contributed by atoms with E-state index in [1.807, 2.05) is 91.0 Å². The number of fused-ring (bicyclic) bond motifs is 12. The van der Waals surface area contributed by atoms with Gasteiger partial charge in [-0.05, 0) is 181 Å². The number of ether oxygens (including phenoxy) is 10. The largest absolute Gasteiger partial charge is 0.519 e. The number of nitro groups is 1. The fraction of sp³-hybridized carbons (Fsp3) is 0.518. The van der Waals surface area contributed by atoms with Gasteiger partial charge in [-0.15, -0.1) is 0 Å². The number of non-ortho nitro benzene ring substituents is 1. The van der Waals surface area contributed by atoms with E-state index in [4.69, 9.17) is 53.1 Å². The molecule has 4 N–H and O–H groups in total. The zero-order valence-corrected chi connectivity index (χ0v) is 62.4. The van der Waals surface area contributed by atoms with Gasteiger partial charge in [0.25, 0.3) is 5.69 Å². The van der Waals surface area contributed by atoms with E-state index in [9.17, 15) is 34.1 Å². The number of alkyl carbamates (subject to hydrolysis) is 2. The van der Waals surface area contributed by atoms with E-state index in [1.165, 1.54) is 78.6 Å². The molecule has 0 spiro atoms. The van der Waals surface area contributed by atoms with Crippen LogP contribution in [0.5, 0.6) is 23.0 Å². The average Bonchev–Trinajstić information content (AvgIpc) is 0.751. The molecule has 0 radical (unpaired) electrons. The first-order valence-corrected chi connectivity index (χ1v) is 38.1. The molecule has 0 saturated heterocycles. The lowest BCUT2D eigenvalue weighted by molar-refractivity contribution is -0.384. The maximum atomic E-state index is 13.0. The SMILES string of the molecule is COCCOCCCC(=O)Oc1ccc2c(c1)[C@@]1(C)CCCCC[C@@H](C2)[C@@H]1N.COCCOCCCC(=O)Oc1ccc2c(c1)[C@@]1(C)CCCCC[C@@H](C2)[C@@H]1NC(=O)OCc1ccccc1.C[C@@]12CCCCC[C@@H](Cc3ccc(OC(=O)Oc4ccc([N+](=O)[O-])cc4)cc31)[C@@H]2NC(=O)OCc1ccccc1. The molecule has 3 saturated carbocycles. The molecule has 6 aliphatic rings. The minimum atomic E-state index is -0.940. The first-order chi connectivity index (χ1) is 51.3. The van der Waals surface area contributed by atoms with Crippen LogP contribution >= 0.6 is 0 Å². The van der Waals surface area contributed by atoms with Crippen LogP contribution in [0.1, 0.15) is 187 Å². The Morgan fingerprint density at radius 2 is 0.849 bits per heavy atom. The molecule has 3 fully saturated rings. The molecule has 21 heteroatoms. The summed E-state index contributed by atoms with van der Waals surface area (Å²) in [5, 5.41) is 17.3. The van der Waals surface area contributed by atoms with Crippen molar-refractivity contribution in [1.29, 1.82) is 0 Å². The number of benzene rings is 6. The van der Waals surface area contributed by atoms with Gasteiger partial charge in [0, 0.05) is 86.8 Å².